The molecular formula is C16H25N2O5P. The van der Waals surface area contributed by atoms with Gasteiger partial charge in [0, 0.05) is 6.66 Å². The molecule has 24 heavy (non-hydrogen) atoms. The maximum absolute atomic E-state index is 12.5. The number of carboxylic acids is 1. The first-order chi connectivity index (χ1) is 11.1. The molecule has 7 nitrogen and oxygen atoms in total. The first kappa shape index (κ1) is 20.4. The molecule has 8 heteroatoms. The lowest BCUT2D eigenvalue weighted by Crippen LogP contribution is -2.50. The molecule has 1 rings (SSSR count). The summed E-state index contributed by atoms with van der Waals surface area (Å²) < 4.78 is 11.7. The van der Waals surface area contributed by atoms with Crippen LogP contribution in [0.25, 0.3) is 0 Å². The number of aliphatic carboxylic acids is 1. The van der Waals surface area contributed by atoms with E-state index in [0.29, 0.717) is 0 Å². The van der Waals surface area contributed by atoms with Crippen molar-refractivity contribution in [3.05, 3.63) is 35.9 Å². The molecule has 0 spiro atoms. The van der Waals surface area contributed by atoms with Gasteiger partial charge in [-0.05, 0) is 24.3 Å². The van der Waals surface area contributed by atoms with Crippen LogP contribution in [0.2, 0.25) is 0 Å². The van der Waals surface area contributed by atoms with Gasteiger partial charge >= 0.3 is 5.97 Å². The van der Waals surface area contributed by atoms with Crippen molar-refractivity contribution >= 4 is 19.4 Å². The SMILES string of the molecule is CC(C)C[C@H](NC(=O)[C@H](Cc1ccccc1)NP(C)(=O)O)C(=O)O. The monoisotopic (exact) mass is 356 g/mol. The Bertz CT molecular complexity index is 600. The molecule has 0 aromatic heterocycles. The molecule has 0 bridgehead atoms. The second-order valence-corrected chi connectivity index (χ2v) is 8.30. The van der Waals surface area contributed by atoms with E-state index in [1.807, 2.05) is 19.9 Å². The average Bonchev–Trinajstić information content (AvgIpc) is 2.45. The summed E-state index contributed by atoms with van der Waals surface area (Å²) >= 11 is 0. The van der Waals surface area contributed by atoms with Crippen molar-refractivity contribution < 1.29 is 24.2 Å². The second-order valence-electron chi connectivity index (χ2n) is 6.28. The largest absolute Gasteiger partial charge is 0.480 e. The lowest BCUT2D eigenvalue weighted by Gasteiger charge is -2.23. The summed E-state index contributed by atoms with van der Waals surface area (Å²) in [5, 5.41) is 14.1. The van der Waals surface area contributed by atoms with Gasteiger partial charge in [0.25, 0.3) is 7.52 Å². The standard InChI is InChI=1S/C16H25N2O5P/c1-11(2)9-14(16(20)21)17-15(19)13(18-24(3,22)23)10-12-7-5-4-6-8-12/h4-8,11,13-14H,9-10H2,1-3H3,(H,17,19)(H,20,21)(H2,18,22,23)/t13-,14-/m0/s1. The summed E-state index contributed by atoms with van der Waals surface area (Å²) in [4.78, 5) is 33.3. The van der Waals surface area contributed by atoms with Crippen LogP contribution < -0.4 is 10.4 Å². The van der Waals surface area contributed by atoms with E-state index in [0.717, 1.165) is 12.2 Å². The number of hydrogen-bond donors (Lipinski definition) is 4. The van der Waals surface area contributed by atoms with E-state index in [-0.39, 0.29) is 18.8 Å². The number of benzene rings is 1. The van der Waals surface area contributed by atoms with E-state index in [4.69, 9.17) is 0 Å². The Kier molecular flexibility index (Phi) is 7.60. The first-order valence-electron chi connectivity index (χ1n) is 7.73. The fourth-order valence-electron chi connectivity index (χ4n) is 2.30. The molecule has 4 N–H and O–H groups in total. The lowest BCUT2D eigenvalue weighted by atomic mass is 10.0. The summed E-state index contributed by atoms with van der Waals surface area (Å²) in [5.74, 6) is -1.65. The molecule has 1 aromatic carbocycles. The lowest BCUT2D eigenvalue weighted by molar-refractivity contribution is -0.142. The van der Waals surface area contributed by atoms with E-state index in [1.165, 1.54) is 0 Å². The number of carbonyl (C=O) groups excluding carboxylic acids is 1. The molecule has 1 amide bonds. The first-order valence-corrected chi connectivity index (χ1v) is 9.84. The Morgan fingerprint density at radius 1 is 1.17 bits per heavy atom. The van der Waals surface area contributed by atoms with Crippen LogP contribution in [0.1, 0.15) is 25.8 Å². The van der Waals surface area contributed by atoms with Crippen LogP contribution in [0.5, 0.6) is 0 Å². The summed E-state index contributed by atoms with van der Waals surface area (Å²) in [6.45, 7) is 4.81. The zero-order valence-electron chi connectivity index (χ0n) is 14.1. The van der Waals surface area contributed by atoms with Crippen LogP contribution in [-0.2, 0) is 20.6 Å². The Labute approximate surface area is 142 Å². The third-order valence-corrected chi connectivity index (χ3v) is 4.11. The molecule has 0 aliphatic heterocycles. The van der Waals surface area contributed by atoms with Crippen molar-refractivity contribution in [3.63, 3.8) is 0 Å². The molecule has 0 saturated carbocycles. The fourth-order valence-corrected chi connectivity index (χ4v) is 3.09. The van der Waals surface area contributed by atoms with Gasteiger partial charge in [-0.2, -0.15) is 0 Å². The summed E-state index contributed by atoms with van der Waals surface area (Å²) in [7, 11) is -3.67. The summed E-state index contributed by atoms with van der Waals surface area (Å²) in [6, 6.07) is 6.98. The third-order valence-electron chi connectivity index (χ3n) is 3.32. The zero-order chi connectivity index (χ0) is 18.3. The van der Waals surface area contributed by atoms with E-state index in [9.17, 15) is 24.2 Å². The highest BCUT2D eigenvalue weighted by Gasteiger charge is 2.29. The van der Waals surface area contributed by atoms with Crippen LogP contribution in [0.4, 0.5) is 0 Å². The van der Waals surface area contributed by atoms with Crippen LogP contribution in [-0.4, -0.2) is 40.6 Å². The second kappa shape index (κ2) is 8.97. The van der Waals surface area contributed by atoms with Crippen molar-refractivity contribution in [2.75, 3.05) is 6.66 Å². The van der Waals surface area contributed by atoms with Crippen LogP contribution in [0.15, 0.2) is 30.3 Å². The maximum atomic E-state index is 12.5. The van der Waals surface area contributed by atoms with Crippen molar-refractivity contribution in [1.82, 2.24) is 10.4 Å². The number of rotatable bonds is 9. The maximum Gasteiger partial charge on any atom is 0.326 e. The van der Waals surface area contributed by atoms with Crippen LogP contribution in [0.3, 0.4) is 0 Å². The van der Waals surface area contributed by atoms with Gasteiger partial charge in [-0.15, -0.1) is 0 Å². The van der Waals surface area contributed by atoms with E-state index < -0.39 is 31.5 Å². The van der Waals surface area contributed by atoms with Crippen molar-refractivity contribution in [3.8, 4) is 0 Å². The highest BCUT2D eigenvalue weighted by Crippen LogP contribution is 2.30. The van der Waals surface area contributed by atoms with Gasteiger partial charge in [0.2, 0.25) is 5.91 Å². The molecule has 134 valence electrons. The quantitative estimate of drug-likeness (QED) is 0.500. The normalized spacial score (nSPS) is 16.2. The van der Waals surface area contributed by atoms with E-state index >= 15 is 0 Å². The smallest absolute Gasteiger partial charge is 0.326 e. The minimum atomic E-state index is -3.67. The van der Waals surface area contributed by atoms with Crippen molar-refractivity contribution in [1.29, 1.82) is 0 Å². The molecule has 0 aliphatic rings. The Hall–Kier alpha value is -1.69. The minimum Gasteiger partial charge on any atom is -0.480 e. The Morgan fingerprint density at radius 2 is 1.75 bits per heavy atom. The topological polar surface area (TPSA) is 116 Å². The number of carbonyl (C=O) groups is 2. The molecule has 0 radical (unpaired) electrons. The van der Waals surface area contributed by atoms with Gasteiger partial charge < -0.3 is 15.3 Å². The molecular weight excluding hydrogens is 331 g/mol. The number of amides is 1. The van der Waals surface area contributed by atoms with Crippen LogP contribution >= 0.6 is 7.52 Å². The minimum absolute atomic E-state index is 0.0852. The molecule has 0 fully saturated rings. The predicted octanol–water partition coefficient (Wildman–Crippen LogP) is 1.62. The highest BCUT2D eigenvalue weighted by atomic mass is 31.2. The van der Waals surface area contributed by atoms with Gasteiger partial charge in [-0.1, -0.05) is 44.2 Å². The van der Waals surface area contributed by atoms with E-state index in [2.05, 4.69) is 10.4 Å². The highest BCUT2D eigenvalue weighted by molar-refractivity contribution is 7.55. The molecule has 3 atom stereocenters. The predicted molar refractivity (Wildman–Crippen MR) is 91.8 cm³/mol. The summed E-state index contributed by atoms with van der Waals surface area (Å²) in [6.07, 6.45) is 0.459. The molecule has 0 heterocycles. The molecule has 1 unspecified atom stereocenters. The molecule has 0 aliphatic carbocycles. The van der Waals surface area contributed by atoms with Crippen LogP contribution in [0, 0.1) is 5.92 Å². The molecule has 1 aromatic rings. The number of carboxylic acid groups (broad SMARTS) is 1. The van der Waals surface area contributed by atoms with Gasteiger partial charge in [0.05, 0.1) is 6.04 Å². The number of hydrogen-bond acceptors (Lipinski definition) is 3. The van der Waals surface area contributed by atoms with Gasteiger partial charge in [-0.3, -0.25) is 9.36 Å². The zero-order valence-corrected chi connectivity index (χ0v) is 15.0. The average molecular weight is 356 g/mol. The molecule has 0 saturated heterocycles. The number of nitrogens with one attached hydrogen (secondary N) is 2. The third kappa shape index (κ3) is 7.73. The van der Waals surface area contributed by atoms with Gasteiger partial charge in [-0.25, -0.2) is 9.88 Å². The van der Waals surface area contributed by atoms with Gasteiger partial charge in [0.1, 0.15) is 6.04 Å². The van der Waals surface area contributed by atoms with Crippen molar-refractivity contribution in [2.24, 2.45) is 5.92 Å². The summed E-state index contributed by atoms with van der Waals surface area (Å²) in [5.41, 5.74) is 0.800. The van der Waals surface area contributed by atoms with Crippen molar-refractivity contribution in [2.45, 2.75) is 38.8 Å². The van der Waals surface area contributed by atoms with Gasteiger partial charge in [0.15, 0.2) is 0 Å². The Morgan fingerprint density at radius 3 is 2.21 bits per heavy atom. The van der Waals surface area contributed by atoms with E-state index in [1.54, 1.807) is 24.3 Å². The fraction of sp³-hybridized carbons (Fsp3) is 0.500. The Balaban J connectivity index is 2.90.